The van der Waals surface area contributed by atoms with Gasteiger partial charge in [0.05, 0.1) is 0 Å². The summed E-state index contributed by atoms with van der Waals surface area (Å²) in [5.74, 6) is 1.98. The third-order valence-electron chi connectivity index (χ3n) is 2.55. The Morgan fingerprint density at radius 2 is 1.21 bits per heavy atom. The number of ether oxygens (including phenoxy) is 1. The average Bonchev–Trinajstić information content (AvgIpc) is 2.34. The SMILES string of the molecule is O=S(=O)(Cl)Cl.c1ccc2c(c1)Cc1ccccc1O2. The Morgan fingerprint density at radius 3 is 1.63 bits per heavy atom. The highest BCUT2D eigenvalue weighted by molar-refractivity contribution is 8.31. The second-order valence-electron chi connectivity index (χ2n) is 3.87. The van der Waals surface area contributed by atoms with Crippen molar-refractivity contribution in [3.8, 4) is 11.5 Å². The molecule has 0 spiro atoms. The minimum atomic E-state index is -3.72. The smallest absolute Gasteiger partial charge is 0.317 e. The van der Waals surface area contributed by atoms with Crippen LogP contribution in [0.1, 0.15) is 11.1 Å². The van der Waals surface area contributed by atoms with Gasteiger partial charge in [-0.3, -0.25) is 0 Å². The summed E-state index contributed by atoms with van der Waals surface area (Å²) in [5.41, 5.74) is 2.54. The first-order chi connectivity index (χ1) is 8.93. The summed E-state index contributed by atoms with van der Waals surface area (Å²) in [6.45, 7) is 0. The zero-order valence-corrected chi connectivity index (χ0v) is 12.0. The van der Waals surface area contributed by atoms with Crippen LogP contribution in [0.5, 0.6) is 11.5 Å². The quantitative estimate of drug-likeness (QED) is 0.587. The van der Waals surface area contributed by atoms with E-state index in [1.54, 1.807) is 0 Å². The fourth-order valence-corrected chi connectivity index (χ4v) is 1.82. The van der Waals surface area contributed by atoms with Crippen LogP contribution in [0.2, 0.25) is 0 Å². The minimum absolute atomic E-state index is 0.979. The molecule has 0 bridgehead atoms. The van der Waals surface area contributed by atoms with Crippen molar-refractivity contribution in [3.05, 3.63) is 59.7 Å². The summed E-state index contributed by atoms with van der Waals surface area (Å²) in [4.78, 5) is 0. The number of para-hydroxylation sites is 2. The molecule has 1 aliphatic rings. The molecule has 3 nitrogen and oxygen atoms in total. The van der Waals surface area contributed by atoms with E-state index < -0.39 is 8.26 Å². The first-order valence-electron chi connectivity index (χ1n) is 5.41. The Bertz CT molecular complexity index is 588. The topological polar surface area (TPSA) is 43.4 Å². The van der Waals surface area contributed by atoms with Crippen LogP contribution in [0.15, 0.2) is 48.5 Å². The minimum Gasteiger partial charge on any atom is -0.457 e. The van der Waals surface area contributed by atoms with Gasteiger partial charge in [-0.1, -0.05) is 36.4 Å². The summed E-state index contributed by atoms with van der Waals surface area (Å²) in [6, 6.07) is 16.4. The van der Waals surface area contributed by atoms with E-state index in [-0.39, 0.29) is 0 Å². The van der Waals surface area contributed by atoms with Crippen LogP contribution >= 0.6 is 21.4 Å². The Hall–Kier alpha value is -1.23. The number of halogens is 2. The van der Waals surface area contributed by atoms with Crippen LogP contribution in [0.3, 0.4) is 0 Å². The average molecular weight is 317 g/mol. The number of hydrogen-bond acceptors (Lipinski definition) is 3. The third kappa shape index (κ3) is 4.42. The van der Waals surface area contributed by atoms with E-state index in [0.717, 1.165) is 17.9 Å². The van der Waals surface area contributed by atoms with Crippen molar-refractivity contribution >= 4 is 29.6 Å². The van der Waals surface area contributed by atoms with Gasteiger partial charge in [0.1, 0.15) is 11.5 Å². The lowest BCUT2D eigenvalue weighted by Crippen LogP contribution is -2.01. The summed E-state index contributed by atoms with van der Waals surface area (Å²) in [6.07, 6.45) is 0.979. The molecule has 3 rings (SSSR count). The number of fused-ring (bicyclic) bond motifs is 2. The third-order valence-corrected chi connectivity index (χ3v) is 2.55. The molecule has 0 N–H and O–H groups in total. The van der Waals surface area contributed by atoms with Gasteiger partial charge < -0.3 is 4.74 Å². The van der Waals surface area contributed by atoms with Crippen molar-refractivity contribution in [2.24, 2.45) is 0 Å². The predicted molar refractivity (Wildman–Crippen MR) is 76.4 cm³/mol. The van der Waals surface area contributed by atoms with Gasteiger partial charge in [-0.05, 0) is 23.3 Å². The van der Waals surface area contributed by atoms with Crippen LogP contribution in [-0.2, 0) is 14.7 Å². The zero-order valence-electron chi connectivity index (χ0n) is 9.71. The lowest BCUT2D eigenvalue weighted by atomic mass is 10.0. The van der Waals surface area contributed by atoms with Gasteiger partial charge in [-0.25, -0.2) is 0 Å². The zero-order chi connectivity index (χ0) is 13.9. The predicted octanol–water partition coefficient (Wildman–Crippen LogP) is 4.09. The van der Waals surface area contributed by atoms with E-state index >= 15 is 0 Å². The molecule has 0 unspecified atom stereocenters. The van der Waals surface area contributed by atoms with Gasteiger partial charge in [-0.15, -0.1) is 0 Å². The molecule has 1 heterocycles. The summed E-state index contributed by atoms with van der Waals surface area (Å²) >= 11 is 0. The van der Waals surface area contributed by atoms with Crippen molar-refractivity contribution in [2.45, 2.75) is 6.42 Å². The molecular weight excluding hydrogens is 307 g/mol. The number of benzene rings is 2. The molecule has 6 heteroatoms. The maximum atomic E-state index is 9.16. The Labute approximate surface area is 120 Å². The Kier molecular flexibility index (Phi) is 4.34. The molecule has 0 fully saturated rings. The van der Waals surface area contributed by atoms with E-state index in [0.29, 0.717) is 0 Å². The molecule has 0 saturated heterocycles. The van der Waals surface area contributed by atoms with Crippen molar-refractivity contribution in [1.82, 2.24) is 0 Å². The van der Waals surface area contributed by atoms with E-state index in [9.17, 15) is 0 Å². The number of rotatable bonds is 0. The monoisotopic (exact) mass is 316 g/mol. The molecule has 0 atom stereocenters. The van der Waals surface area contributed by atoms with Crippen LogP contribution in [0, 0.1) is 0 Å². The van der Waals surface area contributed by atoms with Crippen LogP contribution in [0.4, 0.5) is 0 Å². The number of hydrogen-bond donors (Lipinski definition) is 0. The van der Waals surface area contributed by atoms with Crippen molar-refractivity contribution in [3.63, 3.8) is 0 Å². The maximum absolute atomic E-state index is 9.16. The molecule has 2 aromatic rings. The maximum Gasteiger partial charge on any atom is 0.317 e. The second kappa shape index (κ2) is 5.82. The summed E-state index contributed by atoms with van der Waals surface area (Å²) in [7, 11) is 4.81. The van der Waals surface area contributed by atoms with Crippen LogP contribution in [0.25, 0.3) is 0 Å². The summed E-state index contributed by atoms with van der Waals surface area (Å²) in [5, 5.41) is 0. The Balaban J connectivity index is 0.000000232. The normalized spacial score (nSPS) is 12.3. The van der Waals surface area contributed by atoms with Crippen LogP contribution < -0.4 is 4.74 Å². The van der Waals surface area contributed by atoms with Gasteiger partial charge in [0.25, 0.3) is 0 Å². The molecule has 2 aromatic carbocycles. The van der Waals surface area contributed by atoms with Gasteiger partial charge in [-0.2, -0.15) is 8.42 Å². The first-order valence-corrected chi connectivity index (χ1v) is 8.55. The van der Waals surface area contributed by atoms with Crippen molar-refractivity contribution in [1.29, 1.82) is 0 Å². The van der Waals surface area contributed by atoms with Gasteiger partial charge in [0.15, 0.2) is 0 Å². The van der Waals surface area contributed by atoms with Crippen molar-refractivity contribution in [2.75, 3.05) is 0 Å². The molecule has 1 aliphatic heterocycles. The molecule has 0 aromatic heterocycles. The molecule has 0 radical (unpaired) electrons. The van der Waals surface area contributed by atoms with Crippen molar-refractivity contribution < 1.29 is 13.2 Å². The second-order valence-corrected chi connectivity index (χ2v) is 7.54. The standard InChI is InChI=1S/C13H10O.Cl2O2S/c1-3-7-12-10(5-1)9-11-6-2-4-8-13(11)14-12;1-5(2,3)4/h1-8H,9H2;. The van der Waals surface area contributed by atoms with E-state index in [2.05, 4.69) is 45.6 Å². The molecule has 19 heavy (non-hydrogen) atoms. The molecule has 0 aliphatic carbocycles. The Morgan fingerprint density at radius 1 is 0.842 bits per heavy atom. The lowest BCUT2D eigenvalue weighted by Gasteiger charge is -2.19. The lowest BCUT2D eigenvalue weighted by molar-refractivity contribution is 0.460. The highest BCUT2D eigenvalue weighted by Crippen LogP contribution is 2.35. The molecule has 0 amide bonds. The van der Waals surface area contributed by atoms with Crippen LogP contribution in [-0.4, -0.2) is 8.42 Å². The van der Waals surface area contributed by atoms with Gasteiger partial charge in [0.2, 0.25) is 0 Å². The largest absolute Gasteiger partial charge is 0.457 e. The molecule has 100 valence electrons. The van der Waals surface area contributed by atoms with Gasteiger partial charge in [0, 0.05) is 27.8 Å². The fraction of sp³-hybridized carbons (Fsp3) is 0.0769. The fourth-order valence-electron chi connectivity index (χ4n) is 1.82. The van der Waals surface area contributed by atoms with Gasteiger partial charge >= 0.3 is 8.26 Å². The first kappa shape index (κ1) is 14.2. The van der Waals surface area contributed by atoms with E-state index in [4.69, 9.17) is 13.2 Å². The van der Waals surface area contributed by atoms with E-state index in [1.165, 1.54) is 11.1 Å². The molecular formula is C13H10Cl2O3S. The highest BCUT2D eigenvalue weighted by Gasteiger charge is 2.14. The summed E-state index contributed by atoms with van der Waals surface area (Å²) < 4.78 is 24.1. The van der Waals surface area contributed by atoms with E-state index in [1.807, 2.05) is 24.3 Å². The highest BCUT2D eigenvalue weighted by atomic mass is 36.0. The molecule has 0 saturated carbocycles.